The van der Waals surface area contributed by atoms with Crippen molar-refractivity contribution >= 4 is 46.1 Å². The van der Waals surface area contributed by atoms with Gasteiger partial charge in [-0.2, -0.15) is 4.98 Å². The minimum Gasteiger partial charge on any atom is -0.492 e. The van der Waals surface area contributed by atoms with Gasteiger partial charge in [-0.25, -0.2) is 0 Å². The van der Waals surface area contributed by atoms with E-state index in [1.165, 1.54) is 23.2 Å². The Hall–Kier alpha value is -5.11. The number of nitrogens with zero attached hydrogens (tertiary/aromatic N) is 6. The number of likely N-dealkylation sites (tertiary alicyclic amines) is 3. The van der Waals surface area contributed by atoms with Gasteiger partial charge in [0.05, 0.1) is 40.2 Å². The van der Waals surface area contributed by atoms with Crippen LogP contribution in [0.2, 0.25) is 5.02 Å². The molecule has 0 unspecified atom stereocenters. The average molecular weight is 913 g/mol. The van der Waals surface area contributed by atoms with Crippen molar-refractivity contribution in [3.63, 3.8) is 0 Å². The summed E-state index contributed by atoms with van der Waals surface area (Å²) in [6, 6.07) is 16.7. The van der Waals surface area contributed by atoms with E-state index in [1.807, 2.05) is 29.2 Å². The van der Waals surface area contributed by atoms with E-state index < -0.39 is 11.9 Å². The summed E-state index contributed by atoms with van der Waals surface area (Å²) in [5, 5.41) is 3.35. The second-order valence-electron chi connectivity index (χ2n) is 20.6. The normalized spacial score (nSPS) is 24.1. The molecular weight excluding hydrogens is 854 g/mol. The van der Waals surface area contributed by atoms with Crippen LogP contribution in [0.5, 0.6) is 5.75 Å². The van der Waals surface area contributed by atoms with Gasteiger partial charge in [0.15, 0.2) is 0 Å². The molecule has 12 rings (SSSR count). The number of carbonyl (C=O) groups is 4. The van der Waals surface area contributed by atoms with Gasteiger partial charge in [-0.1, -0.05) is 55.1 Å². The van der Waals surface area contributed by atoms with E-state index >= 15 is 0 Å². The Labute approximate surface area is 389 Å². The molecule has 14 heteroatoms. The van der Waals surface area contributed by atoms with Crippen molar-refractivity contribution in [1.82, 2.24) is 34.5 Å². The lowest BCUT2D eigenvalue weighted by Crippen LogP contribution is -2.52. The molecule has 1 aliphatic carbocycles. The molecule has 0 bridgehead atoms. The van der Waals surface area contributed by atoms with Gasteiger partial charge in [0.25, 0.3) is 11.5 Å². The van der Waals surface area contributed by atoms with Gasteiger partial charge in [-0.05, 0) is 125 Å². The first-order valence-corrected chi connectivity index (χ1v) is 25.0. The molecule has 8 aliphatic rings. The maximum atomic E-state index is 13.6. The number of hydrogen-bond acceptors (Lipinski definition) is 9. The standard InChI is InChI=1S/C52H58ClN7O6/c53-39-5-4-6-40-45(39)48(64)55-50-52(18-2-1-3-19-52)37-9-7-33(29-42(37)60(40)50)32-13-25-57(26-14-32)34-15-22-56(23-16-34)24-17-44(62)58-27-20-51(21-28-58)31-66-46-36-30-59(41-11-12-43(61)54-47(41)63)49(65)35(36)8-10-38(46)51/h4-10,29,32,34,41H,1-3,11-28,30-31H2,(H,54,61,63)/t41-/m0/s1. The summed E-state index contributed by atoms with van der Waals surface area (Å²) in [5.41, 5.74) is 6.62. The van der Waals surface area contributed by atoms with Crippen LogP contribution < -0.4 is 15.6 Å². The van der Waals surface area contributed by atoms with E-state index in [-0.39, 0.29) is 40.5 Å². The molecule has 66 heavy (non-hydrogen) atoms. The number of halogens is 1. The third kappa shape index (κ3) is 6.76. The summed E-state index contributed by atoms with van der Waals surface area (Å²) in [6.45, 7) is 7.19. The summed E-state index contributed by atoms with van der Waals surface area (Å²) in [4.78, 5) is 78.4. The van der Waals surface area contributed by atoms with Crippen LogP contribution >= 0.6 is 11.6 Å². The Kier molecular flexibility index (Phi) is 10.4. The van der Waals surface area contributed by atoms with Crippen molar-refractivity contribution < 1.29 is 23.9 Å². The van der Waals surface area contributed by atoms with Gasteiger partial charge in [-0.15, -0.1) is 0 Å². The van der Waals surface area contributed by atoms with Crippen molar-refractivity contribution in [3.8, 4) is 11.4 Å². The first kappa shape index (κ1) is 42.3. The molecule has 0 radical (unpaired) electrons. The van der Waals surface area contributed by atoms with Crippen molar-refractivity contribution in [2.75, 3.05) is 52.4 Å². The fourth-order valence-electron chi connectivity index (χ4n) is 13.6. The Bertz CT molecular complexity index is 2740. The number of ether oxygens (including phenoxy) is 1. The van der Waals surface area contributed by atoms with Crippen LogP contribution in [0.25, 0.3) is 16.6 Å². The third-order valence-electron chi connectivity index (χ3n) is 17.3. The smallest absolute Gasteiger partial charge is 0.282 e. The Morgan fingerprint density at radius 1 is 0.848 bits per heavy atom. The quantitative estimate of drug-likeness (QED) is 0.220. The number of benzene rings is 3. The largest absolute Gasteiger partial charge is 0.492 e. The second kappa shape index (κ2) is 16.3. The molecule has 1 N–H and O–H groups in total. The van der Waals surface area contributed by atoms with E-state index in [0.717, 1.165) is 125 Å². The van der Waals surface area contributed by atoms with Crippen LogP contribution in [0, 0.1) is 0 Å². The summed E-state index contributed by atoms with van der Waals surface area (Å²) in [5.74, 6) is 1.47. The van der Waals surface area contributed by atoms with E-state index in [9.17, 15) is 24.0 Å². The fourth-order valence-corrected chi connectivity index (χ4v) is 13.8. The van der Waals surface area contributed by atoms with Crippen LogP contribution in [0.15, 0.2) is 53.3 Å². The van der Waals surface area contributed by atoms with Crippen molar-refractivity contribution in [2.45, 2.75) is 125 Å². The molecule has 4 aromatic rings. The highest BCUT2D eigenvalue weighted by Gasteiger charge is 2.49. The first-order valence-electron chi connectivity index (χ1n) is 24.7. The van der Waals surface area contributed by atoms with Crippen LogP contribution in [0.4, 0.5) is 0 Å². The maximum Gasteiger partial charge on any atom is 0.282 e. The number of piperidine rings is 4. The molecule has 4 amide bonds. The summed E-state index contributed by atoms with van der Waals surface area (Å²) in [7, 11) is 0. The van der Waals surface area contributed by atoms with Gasteiger partial charge in [-0.3, -0.25) is 33.9 Å². The van der Waals surface area contributed by atoms with Crippen molar-refractivity contribution in [1.29, 1.82) is 0 Å². The van der Waals surface area contributed by atoms with Gasteiger partial charge in [0.1, 0.15) is 17.6 Å². The topological polar surface area (TPSA) is 137 Å². The number of aromatic nitrogens is 2. The molecule has 1 aromatic heterocycles. The molecule has 3 aromatic carbocycles. The van der Waals surface area contributed by atoms with E-state index in [2.05, 4.69) is 37.9 Å². The van der Waals surface area contributed by atoms with Crippen LogP contribution in [0.1, 0.15) is 134 Å². The molecule has 5 fully saturated rings. The maximum absolute atomic E-state index is 13.6. The lowest BCUT2D eigenvalue weighted by Gasteiger charge is -2.42. The average Bonchev–Trinajstić information content (AvgIpc) is 3.95. The predicted octanol–water partition coefficient (Wildman–Crippen LogP) is 6.35. The number of carbonyl (C=O) groups excluding carboxylic acids is 4. The number of amides is 4. The minimum absolute atomic E-state index is 0.191. The SMILES string of the molecule is O=C1CC[C@H](N2Cc3c(ccc4c3OCC43CCN(C(=O)CCN4CCC(N5CCC(c6ccc7c(c6)-n6c(nc(=O)c8c(Cl)cccc86)C76CCCCC6)CC5)CC4)CC3)C2=O)C(=O)N1. The molecule has 4 saturated heterocycles. The van der Waals surface area contributed by atoms with Crippen molar-refractivity contribution in [2.24, 2.45) is 0 Å². The Morgan fingerprint density at radius 2 is 1.62 bits per heavy atom. The zero-order valence-corrected chi connectivity index (χ0v) is 38.4. The number of nitrogens with one attached hydrogen (secondary N) is 1. The summed E-state index contributed by atoms with van der Waals surface area (Å²) in [6.07, 6.45) is 12.7. The zero-order valence-electron chi connectivity index (χ0n) is 37.6. The summed E-state index contributed by atoms with van der Waals surface area (Å²) < 4.78 is 8.64. The molecular formula is C52H58ClN7O6. The van der Waals surface area contributed by atoms with Gasteiger partial charge in [0, 0.05) is 60.6 Å². The Morgan fingerprint density at radius 3 is 2.39 bits per heavy atom. The lowest BCUT2D eigenvalue weighted by atomic mass is 9.69. The second-order valence-corrected chi connectivity index (χ2v) is 21.0. The fraction of sp³-hybridized carbons (Fsp3) is 0.538. The van der Waals surface area contributed by atoms with Crippen LogP contribution in [-0.4, -0.2) is 117 Å². The molecule has 344 valence electrons. The van der Waals surface area contributed by atoms with Crippen molar-refractivity contribution in [3.05, 3.63) is 97.5 Å². The molecule has 1 saturated carbocycles. The number of rotatable bonds is 6. The van der Waals surface area contributed by atoms with E-state index in [0.29, 0.717) is 67.0 Å². The summed E-state index contributed by atoms with van der Waals surface area (Å²) >= 11 is 6.63. The lowest BCUT2D eigenvalue weighted by molar-refractivity contribution is -0.137. The number of fused-ring (bicyclic) bond motifs is 11. The van der Waals surface area contributed by atoms with E-state index in [4.69, 9.17) is 21.3 Å². The monoisotopic (exact) mass is 911 g/mol. The van der Waals surface area contributed by atoms with Gasteiger partial charge >= 0.3 is 0 Å². The first-order chi connectivity index (χ1) is 32.1. The minimum atomic E-state index is -0.660. The molecule has 2 spiro atoms. The van der Waals surface area contributed by atoms with Crippen LogP contribution in [0.3, 0.4) is 0 Å². The highest BCUT2D eigenvalue weighted by molar-refractivity contribution is 6.35. The molecule has 7 aliphatic heterocycles. The number of hydrogen-bond donors (Lipinski definition) is 1. The third-order valence-corrected chi connectivity index (χ3v) is 17.6. The molecule has 1 atom stereocenters. The zero-order chi connectivity index (χ0) is 44.9. The highest BCUT2D eigenvalue weighted by Crippen LogP contribution is 2.53. The Balaban J connectivity index is 0.631. The van der Waals surface area contributed by atoms with Gasteiger partial charge < -0.3 is 24.3 Å². The van der Waals surface area contributed by atoms with E-state index in [1.54, 1.807) is 11.0 Å². The van der Waals surface area contributed by atoms with Gasteiger partial charge in [0.2, 0.25) is 17.7 Å². The van der Waals surface area contributed by atoms with Crippen LogP contribution in [-0.2, 0) is 31.8 Å². The highest BCUT2D eigenvalue weighted by atomic mass is 35.5. The number of imide groups is 1. The molecule has 8 heterocycles. The predicted molar refractivity (Wildman–Crippen MR) is 249 cm³/mol. The molecule has 13 nitrogen and oxygen atoms in total.